The number of hydrogen-bond donors (Lipinski definition) is 1. The lowest BCUT2D eigenvalue weighted by Crippen LogP contribution is -2.38. The maximum absolute atomic E-state index is 11.6. The zero-order valence-electron chi connectivity index (χ0n) is 14.3. The number of hydrogen-bond acceptors (Lipinski definition) is 7. The molecular formula is C16H27N5O2. The number of carbonyl (C=O) groups excluding carboxylic acids is 1. The molecule has 7 heteroatoms. The number of methoxy groups -OCH3 is 1. The Morgan fingerprint density at radius 3 is 2.74 bits per heavy atom. The summed E-state index contributed by atoms with van der Waals surface area (Å²) in [6.07, 6.45) is 5.31. The quantitative estimate of drug-likeness (QED) is 0.798. The lowest BCUT2D eigenvalue weighted by molar-refractivity contribution is -0.146. The molecule has 0 bridgehead atoms. The molecule has 1 fully saturated rings. The molecule has 128 valence electrons. The van der Waals surface area contributed by atoms with Crippen LogP contribution in [0.5, 0.6) is 0 Å². The molecule has 2 N–H and O–H groups in total. The number of piperidine rings is 1. The number of aromatic nitrogens is 2. The second-order valence-corrected chi connectivity index (χ2v) is 5.99. The highest BCUT2D eigenvalue weighted by Gasteiger charge is 2.27. The van der Waals surface area contributed by atoms with Gasteiger partial charge >= 0.3 is 5.97 Å². The van der Waals surface area contributed by atoms with Gasteiger partial charge in [-0.15, -0.1) is 0 Å². The van der Waals surface area contributed by atoms with Crippen LogP contribution in [-0.2, 0) is 9.53 Å². The van der Waals surface area contributed by atoms with Gasteiger partial charge in [-0.3, -0.25) is 4.79 Å². The average molecular weight is 321 g/mol. The van der Waals surface area contributed by atoms with Gasteiger partial charge in [-0.2, -0.15) is 0 Å². The van der Waals surface area contributed by atoms with Crippen molar-refractivity contribution in [1.29, 1.82) is 0 Å². The summed E-state index contributed by atoms with van der Waals surface area (Å²) in [6, 6.07) is 0. The largest absolute Gasteiger partial charge is 0.469 e. The van der Waals surface area contributed by atoms with E-state index in [0.717, 1.165) is 57.0 Å². The number of anilines is 3. The van der Waals surface area contributed by atoms with Crippen molar-refractivity contribution < 1.29 is 9.53 Å². The SMILES string of the molecule is CCCCN(C)c1ncnc(N2CCC(C(=O)OC)CC2)c1N. The summed E-state index contributed by atoms with van der Waals surface area (Å²) in [5, 5.41) is 0. The summed E-state index contributed by atoms with van der Waals surface area (Å²) in [6.45, 7) is 4.58. The molecular weight excluding hydrogens is 294 g/mol. The second-order valence-electron chi connectivity index (χ2n) is 5.99. The zero-order chi connectivity index (χ0) is 16.8. The molecule has 0 aromatic carbocycles. The van der Waals surface area contributed by atoms with Crippen LogP contribution in [-0.4, -0.2) is 49.7 Å². The summed E-state index contributed by atoms with van der Waals surface area (Å²) in [7, 11) is 3.44. The minimum atomic E-state index is -0.125. The van der Waals surface area contributed by atoms with Crippen molar-refractivity contribution in [3.8, 4) is 0 Å². The van der Waals surface area contributed by atoms with Crippen LogP contribution < -0.4 is 15.5 Å². The van der Waals surface area contributed by atoms with Crippen LogP contribution in [0.3, 0.4) is 0 Å². The van der Waals surface area contributed by atoms with Crippen LogP contribution in [0.4, 0.5) is 17.3 Å². The van der Waals surface area contributed by atoms with Crippen molar-refractivity contribution in [2.45, 2.75) is 32.6 Å². The third-order valence-corrected chi connectivity index (χ3v) is 4.38. The fraction of sp³-hybridized carbons (Fsp3) is 0.688. The number of nitrogen functional groups attached to an aromatic ring is 1. The molecule has 0 aliphatic carbocycles. The van der Waals surface area contributed by atoms with E-state index < -0.39 is 0 Å². The monoisotopic (exact) mass is 321 g/mol. The van der Waals surface area contributed by atoms with Gasteiger partial charge in [0.15, 0.2) is 11.6 Å². The molecule has 2 rings (SSSR count). The third kappa shape index (κ3) is 4.03. The molecule has 1 saturated heterocycles. The first kappa shape index (κ1) is 17.3. The molecule has 1 aliphatic heterocycles. The average Bonchev–Trinajstić information content (AvgIpc) is 2.59. The van der Waals surface area contributed by atoms with Gasteiger partial charge in [0.05, 0.1) is 13.0 Å². The summed E-state index contributed by atoms with van der Waals surface area (Å²) >= 11 is 0. The second kappa shape index (κ2) is 7.99. The van der Waals surface area contributed by atoms with Gasteiger partial charge in [0.2, 0.25) is 0 Å². The Morgan fingerprint density at radius 1 is 1.43 bits per heavy atom. The van der Waals surface area contributed by atoms with Crippen LogP contribution in [0.15, 0.2) is 6.33 Å². The first-order valence-electron chi connectivity index (χ1n) is 8.22. The predicted octanol–water partition coefficient (Wildman–Crippen LogP) is 1.68. The highest BCUT2D eigenvalue weighted by molar-refractivity contribution is 5.76. The normalized spacial score (nSPS) is 15.5. The van der Waals surface area contributed by atoms with E-state index >= 15 is 0 Å². The number of esters is 1. The number of nitrogens with zero attached hydrogens (tertiary/aromatic N) is 4. The van der Waals surface area contributed by atoms with E-state index in [2.05, 4.69) is 26.7 Å². The fourth-order valence-corrected chi connectivity index (χ4v) is 2.93. The number of nitrogens with two attached hydrogens (primary N) is 1. The molecule has 1 aromatic rings. The van der Waals surface area contributed by atoms with Gasteiger partial charge in [0.25, 0.3) is 0 Å². The highest BCUT2D eigenvalue weighted by Crippen LogP contribution is 2.31. The fourth-order valence-electron chi connectivity index (χ4n) is 2.93. The molecule has 1 aliphatic rings. The standard InChI is InChI=1S/C16H27N5O2/c1-4-5-8-20(2)14-13(17)15(19-11-18-14)21-9-6-12(7-10-21)16(22)23-3/h11-12H,4-10,17H2,1-3H3. The van der Waals surface area contributed by atoms with Crippen molar-refractivity contribution in [3.63, 3.8) is 0 Å². The summed E-state index contributed by atoms with van der Waals surface area (Å²) in [4.78, 5) is 24.5. The van der Waals surface area contributed by atoms with Crippen molar-refractivity contribution in [2.24, 2.45) is 5.92 Å². The Bertz CT molecular complexity index is 529. The lowest BCUT2D eigenvalue weighted by atomic mass is 9.97. The highest BCUT2D eigenvalue weighted by atomic mass is 16.5. The van der Waals surface area contributed by atoms with Crippen LogP contribution in [0.25, 0.3) is 0 Å². The molecule has 0 radical (unpaired) electrons. The smallest absolute Gasteiger partial charge is 0.308 e. The topological polar surface area (TPSA) is 84.6 Å². The van der Waals surface area contributed by atoms with E-state index in [9.17, 15) is 4.79 Å². The maximum Gasteiger partial charge on any atom is 0.308 e. The number of ether oxygens (including phenoxy) is 1. The van der Waals surface area contributed by atoms with E-state index in [-0.39, 0.29) is 11.9 Å². The number of rotatable bonds is 6. The Kier molecular flexibility index (Phi) is 6.01. The van der Waals surface area contributed by atoms with Crippen LogP contribution in [0, 0.1) is 5.92 Å². The van der Waals surface area contributed by atoms with Gasteiger partial charge in [-0.1, -0.05) is 13.3 Å². The Labute approximate surface area is 137 Å². The molecule has 0 spiro atoms. The molecule has 7 nitrogen and oxygen atoms in total. The van der Waals surface area contributed by atoms with Crippen LogP contribution in [0.2, 0.25) is 0 Å². The summed E-state index contributed by atoms with van der Waals surface area (Å²) in [5.41, 5.74) is 6.92. The minimum Gasteiger partial charge on any atom is -0.469 e. The van der Waals surface area contributed by atoms with Crippen molar-refractivity contribution in [3.05, 3.63) is 6.33 Å². The van der Waals surface area contributed by atoms with Gasteiger partial charge in [-0.25, -0.2) is 9.97 Å². The van der Waals surface area contributed by atoms with Gasteiger partial charge in [-0.05, 0) is 19.3 Å². The van der Waals surface area contributed by atoms with Gasteiger partial charge < -0.3 is 20.3 Å². The lowest BCUT2D eigenvalue weighted by Gasteiger charge is -2.33. The third-order valence-electron chi connectivity index (χ3n) is 4.38. The van der Waals surface area contributed by atoms with Crippen molar-refractivity contribution >= 4 is 23.3 Å². The Morgan fingerprint density at radius 2 is 2.13 bits per heavy atom. The molecule has 2 heterocycles. The summed E-state index contributed by atoms with van der Waals surface area (Å²) in [5.74, 6) is 1.39. The summed E-state index contributed by atoms with van der Waals surface area (Å²) < 4.78 is 4.83. The van der Waals surface area contributed by atoms with Crippen LogP contribution in [0.1, 0.15) is 32.6 Å². The first-order valence-corrected chi connectivity index (χ1v) is 8.22. The van der Waals surface area contributed by atoms with E-state index in [1.54, 1.807) is 6.33 Å². The minimum absolute atomic E-state index is 0.0222. The van der Waals surface area contributed by atoms with Gasteiger partial charge in [0, 0.05) is 26.7 Å². The van der Waals surface area contributed by atoms with E-state index in [0.29, 0.717) is 5.69 Å². The molecule has 1 aromatic heterocycles. The first-order chi connectivity index (χ1) is 11.1. The van der Waals surface area contributed by atoms with Crippen molar-refractivity contribution in [2.75, 3.05) is 49.3 Å². The van der Waals surface area contributed by atoms with Crippen LogP contribution >= 0.6 is 0 Å². The predicted molar refractivity (Wildman–Crippen MR) is 91.6 cm³/mol. The zero-order valence-corrected chi connectivity index (χ0v) is 14.3. The molecule has 0 amide bonds. The Balaban J connectivity index is 2.08. The molecule has 23 heavy (non-hydrogen) atoms. The number of unbranched alkanes of at least 4 members (excludes halogenated alkanes) is 1. The van der Waals surface area contributed by atoms with Crippen molar-refractivity contribution in [1.82, 2.24) is 9.97 Å². The van der Waals surface area contributed by atoms with E-state index in [1.165, 1.54) is 7.11 Å². The molecule has 0 unspecified atom stereocenters. The van der Waals surface area contributed by atoms with E-state index in [4.69, 9.17) is 10.5 Å². The maximum atomic E-state index is 11.6. The number of carbonyl (C=O) groups is 1. The Hall–Kier alpha value is -2.05. The van der Waals surface area contributed by atoms with E-state index in [1.807, 2.05) is 7.05 Å². The molecule has 0 saturated carbocycles. The molecule has 0 atom stereocenters. The van der Waals surface area contributed by atoms with Gasteiger partial charge in [0.1, 0.15) is 12.0 Å².